The normalized spacial score (nSPS) is 9.23. The van der Waals surface area contributed by atoms with E-state index in [9.17, 15) is 9.59 Å². The Morgan fingerprint density at radius 1 is 1.38 bits per heavy atom. The highest BCUT2D eigenvalue weighted by Crippen LogP contribution is 2.16. The molecule has 0 saturated carbocycles. The molecule has 0 bridgehead atoms. The van der Waals surface area contributed by atoms with E-state index in [2.05, 4.69) is 5.11 Å². The minimum atomic E-state index is -0.549. The second kappa shape index (κ2) is 6.98. The Hall–Kier alpha value is -0.470. The average Bonchev–Trinajstić information content (AvgIpc) is 2.10. The summed E-state index contributed by atoms with van der Waals surface area (Å²) in [6.07, 6.45) is 0. The van der Waals surface area contributed by atoms with Crippen LogP contribution in [-0.4, -0.2) is 26.8 Å². The number of amides is 2. The van der Waals surface area contributed by atoms with Crippen molar-refractivity contribution in [3.8, 4) is 0 Å². The van der Waals surface area contributed by atoms with Crippen molar-refractivity contribution in [1.29, 1.82) is 5.53 Å². The highest BCUT2D eigenvalue weighted by molar-refractivity contribution is 8.47. The molecule has 5 nitrogen and oxygen atoms in total. The second-order valence-corrected chi connectivity index (χ2v) is 4.95. The standard InChI is InChI=1S/C5H7N3O2S3/c6-3(9)1-12-5(11)13-2-4(10)8-7/h7H,1-2H2,(H2,6,9). The minimum Gasteiger partial charge on any atom is -0.369 e. The van der Waals surface area contributed by atoms with Crippen molar-refractivity contribution in [3.05, 3.63) is 0 Å². The zero-order valence-electron chi connectivity index (χ0n) is 6.48. The molecule has 0 atom stereocenters. The van der Waals surface area contributed by atoms with Gasteiger partial charge in [0.1, 0.15) is 3.53 Å². The first-order chi connectivity index (χ1) is 6.06. The van der Waals surface area contributed by atoms with Crippen molar-refractivity contribution in [2.24, 2.45) is 10.8 Å². The van der Waals surface area contributed by atoms with Crippen LogP contribution in [0.2, 0.25) is 0 Å². The maximum Gasteiger partial charge on any atom is 0.274 e. The van der Waals surface area contributed by atoms with Gasteiger partial charge in [0.25, 0.3) is 5.91 Å². The summed E-state index contributed by atoms with van der Waals surface area (Å²) in [5.74, 6) is -0.858. The maximum absolute atomic E-state index is 10.5. The molecule has 0 radical (unpaired) electrons. The monoisotopic (exact) mass is 237 g/mol. The molecule has 3 N–H and O–H groups in total. The molecule has 8 heteroatoms. The third-order valence-corrected chi connectivity index (χ3v) is 3.48. The average molecular weight is 237 g/mol. The summed E-state index contributed by atoms with van der Waals surface area (Å²) < 4.78 is 0.454. The molecule has 0 saturated heterocycles. The summed E-state index contributed by atoms with van der Waals surface area (Å²) in [6.45, 7) is 0. The number of rotatable bonds is 4. The molecular formula is C5H7N3O2S3. The first kappa shape index (κ1) is 12.5. The number of nitrogens with two attached hydrogens (primary N) is 1. The highest BCUT2D eigenvalue weighted by Gasteiger charge is 2.05. The van der Waals surface area contributed by atoms with Crippen LogP contribution in [0.4, 0.5) is 0 Å². The van der Waals surface area contributed by atoms with Crippen molar-refractivity contribution in [1.82, 2.24) is 0 Å². The Labute approximate surface area is 88.7 Å². The van der Waals surface area contributed by atoms with Gasteiger partial charge < -0.3 is 5.73 Å². The van der Waals surface area contributed by atoms with Crippen LogP contribution in [0.25, 0.3) is 0 Å². The Kier molecular flexibility index (Phi) is 6.73. The molecule has 0 aromatic rings. The van der Waals surface area contributed by atoms with Gasteiger partial charge in [0.2, 0.25) is 5.91 Å². The SMILES string of the molecule is N=NC(=O)CSC(=S)SCC(N)=O. The predicted octanol–water partition coefficient (Wildman–Crippen LogP) is 0.781. The Bertz CT molecular complexity index is 243. The minimum absolute atomic E-state index is 0.0358. The topological polar surface area (TPSA) is 96.4 Å². The lowest BCUT2D eigenvalue weighted by Gasteiger charge is -1.97. The van der Waals surface area contributed by atoms with E-state index in [-0.39, 0.29) is 11.5 Å². The number of nitrogens with one attached hydrogen (secondary N) is 1. The van der Waals surface area contributed by atoms with Crippen molar-refractivity contribution >= 4 is 51.1 Å². The van der Waals surface area contributed by atoms with Gasteiger partial charge in [-0.15, -0.1) is 5.11 Å². The molecule has 0 rings (SSSR count). The van der Waals surface area contributed by atoms with E-state index in [1.807, 2.05) is 0 Å². The number of carbonyl (C=O) groups excluding carboxylic acids is 2. The summed E-state index contributed by atoms with van der Waals surface area (Å²) in [7, 11) is 0. The third-order valence-electron chi connectivity index (χ3n) is 0.770. The molecule has 0 heterocycles. The summed E-state index contributed by atoms with van der Waals surface area (Å²) in [5, 5.41) is 2.69. The van der Waals surface area contributed by atoms with Gasteiger partial charge >= 0.3 is 0 Å². The van der Waals surface area contributed by atoms with Crippen LogP contribution in [0.15, 0.2) is 5.11 Å². The maximum atomic E-state index is 10.5. The van der Waals surface area contributed by atoms with Gasteiger partial charge in [0.15, 0.2) is 0 Å². The van der Waals surface area contributed by atoms with Crippen LogP contribution >= 0.6 is 35.7 Å². The summed E-state index contributed by atoms with van der Waals surface area (Å²) >= 11 is 6.98. The predicted molar refractivity (Wildman–Crippen MR) is 56.9 cm³/mol. The van der Waals surface area contributed by atoms with Gasteiger partial charge in [-0.05, 0) is 0 Å². The van der Waals surface area contributed by atoms with Gasteiger partial charge in [0, 0.05) is 0 Å². The smallest absolute Gasteiger partial charge is 0.274 e. The van der Waals surface area contributed by atoms with E-state index in [0.717, 1.165) is 23.5 Å². The van der Waals surface area contributed by atoms with E-state index in [0.29, 0.717) is 3.53 Å². The number of hydrogen-bond acceptors (Lipinski definition) is 6. The molecule has 72 valence electrons. The van der Waals surface area contributed by atoms with Crippen molar-refractivity contribution in [2.75, 3.05) is 11.5 Å². The van der Waals surface area contributed by atoms with Gasteiger partial charge in [-0.2, -0.15) is 0 Å². The van der Waals surface area contributed by atoms with E-state index in [1.165, 1.54) is 0 Å². The number of hydrogen-bond donors (Lipinski definition) is 2. The quantitative estimate of drug-likeness (QED) is 0.556. The molecule has 0 aromatic carbocycles. The zero-order valence-corrected chi connectivity index (χ0v) is 8.93. The Morgan fingerprint density at radius 3 is 2.38 bits per heavy atom. The molecule has 2 amide bonds. The number of carbonyl (C=O) groups is 2. The Balaban J connectivity index is 3.57. The van der Waals surface area contributed by atoms with Crippen molar-refractivity contribution in [2.45, 2.75) is 0 Å². The van der Waals surface area contributed by atoms with Gasteiger partial charge in [-0.3, -0.25) is 9.59 Å². The zero-order chi connectivity index (χ0) is 10.3. The van der Waals surface area contributed by atoms with Crippen LogP contribution in [0, 0.1) is 5.53 Å². The fourth-order valence-electron chi connectivity index (χ4n) is 0.325. The van der Waals surface area contributed by atoms with Crippen LogP contribution in [0.5, 0.6) is 0 Å². The van der Waals surface area contributed by atoms with Crippen LogP contribution in [0.1, 0.15) is 0 Å². The first-order valence-corrected chi connectivity index (χ1v) is 5.42. The molecule has 0 fully saturated rings. The highest BCUT2D eigenvalue weighted by atomic mass is 32.2. The first-order valence-electron chi connectivity index (χ1n) is 3.04. The summed E-state index contributed by atoms with van der Waals surface area (Å²) in [5.41, 5.74) is 11.2. The van der Waals surface area contributed by atoms with E-state index in [1.54, 1.807) is 0 Å². The van der Waals surface area contributed by atoms with Gasteiger partial charge in [0.05, 0.1) is 11.5 Å². The fraction of sp³-hybridized carbons (Fsp3) is 0.400. The van der Waals surface area contributed by atoms with Crippen LogP contribution < -0.4 is 5.73 Å². The third kappa shape index (κ3) is 7.88. The molecule has 0 aliphatic rings. The lowest BCUT2D eigenvalue weighted by molar-refractivity contribution is -0.116. The number of primary amides is 1. The number of thioether (sulfide) groups is 2. The van der Waals surface area contributed by atoms with E-state index >= 15 is 0 Å². The molecule has 0 aromatic heterocycles. The molecule has 0 aliphatic heterocycles. The lowest BCUT2D eigenvalue weighted by Crippen LogP contribution is -2.14. The molecular weight excluding hydrogens is 230 g/mol. The number of nitrogens with zero attached hydrogens (tertiary/aromatic N) is 1. The fourth-order valence-corrected chi connectivity index (χ4v) is 1.93. The molecule has 13 heavy (non-hydrogen) atoms. The van der Waals surface area contributed by atoms with Gasteiger partial charge in [-0.25, -0.2) is 5.53 Å². The molecule has 0 aliphatic carbocycles. The van der Waals surface area contributed by atoms with Crippen LogP contribution in [-0.2, 0) is 9.59 Å². The van der Waals surface area contributed by atoms with Gasteiger partial charge in [-0.1, -0.05) is 35.7 Å². The second-order valence-electron chi connectivity index (χ2n) is 1.80. The largest absolute Gasteiger partial charge is 0.369 e. The van der Waals surface area contributed by atoms with E-state index in [4.69, 9.17) is 23.5 Å². The lowest BCUT2D eigenvalue weighted by atomic mass is 10.8. The van der Waals surface area contributed by atoms with E-state index < -0.39 is 11.8 Å². The van der Waals surface area contributed by atoms with Crippen molar-refractivity contribution in [3.63, 3.8) is 0 Å². The molecule has 0 spiro atoms. The summed E-state index contributed by atoms with van der Waals surface area (Å²) in [4.78, 5) is 20.8. The Morgan fingerprint density at radius 2 is 1.92 bits per heavy atom. The number of thiocarbonyl (C=S) groups is 1. The van der Waals surface area contributed by atoms with Crippen molar-refractivity contribution < 1.29 is 9.59 Å². The van der Waals surface area contributed by atoms with Crippen LogP contribution in [0.3, 0.4) is 0 Å². The summed E-state index contributed by atoms with van der Waals surface area (Å²) in [6, 6.07) is 0. The molecule has 0 unspecified atom stereocenters.